The van der Waals surface area contributed by atoms with Gasteiger partial charge in [0, 0.05) is 40.0 Å². The van der Waals surface area contributed by atoms with Crippen LogP contribution in [-0.2, 0) is 14.9 Å². The maximum Gasteiger partial charge on any atom is 0.338 e. The van der Waals surface area contributed by atoms with Gasteiger partial charge in [-0.15, -0.1) is 0 Å². The molecule has 0 amide bonds. The van der Waals surface area contributed by atoms with E-state index in [1.165, 1.54) is 24.3 Å². The highest BCUT2D eigenvalue weighted by atomic mass is 35.5. The maximum atomic E-state index is 12.4. The first-order chi connectivity index (χ1) is 12.7. The van der Waals surface area contributed by atoms with Crippen molar-refractivity contribution in [2.45, 2.75) is 19.3 Å². The number of halogens is 2. The van der Waals surface area contributed by atoms with Crippen LogP contribution in [0, 0.1) is 0 Å². The summed E-state index contributed by atoms with van der Waals surface area (Å²) in [4.78, 5) is 26.6. The van der Waals surface area contributed by atoms with Gasteiger partial charge in [0.25, 0.3) is 0 Å². The molecule has 0 radical (unpaired) electrons. The first-order valence-electron chi connectivity index (χ1n) is 8.41. The van der Waals surface area contributed by atoms with Crippen molar-refractivity contribution in [3.05, 3.63) is 75.4 Å². The van der Waals surface area contributed by atoms with Gasteiger partial charge in [0.2, 0.25) is 0 Å². The molecule has 0 saturated carbocycles. The molecule has 1 aliphatic heterocycles. The summed E-state index contributed by atoms with van der Waals surface area (Å²) in [5.41, 5.74) is 2.96. The first kappa shape index (κ1) is 19.5. The lowest BCUT2D eigenvalue weighted by molar-refractivity contribution is -0.117. The van der Waals surface area contributed by atoms with Crippen molar-refractivity contribution >= 4 is 40.6 Å². The number of esters is 1. The highest BCUT2D eigenvalue weighted by molar-refractivity contribution is 6.35. The fourth-order valence-corrected chi connectivity index (χ4v) is 3.87. The Morgan fingerprint density at radius 2 is 1.74 bits per heavy atom. The van der Waals surface area contributed by atoms with Gasteiger partial charge in [-0.25, -0.2) is 4.79 Å². The van der Waals surface area contributed by atoms with Gasteiger partial charge in [-0.1, -0.05) is 55.2 Å². The van der Waals surface area contributed by atoms with Crippen molar-refractivity contribution in [3.63, 3.8) is 0 Å². The molecule has 3 rings (SSSR count). The molecule has 2 aromatic rings. The molecule has 0 aromatic heterocycles. The van der Waals surface area contributed by atoms with E-state index in [-0.39, 0.29) is 23.4 Å². The summed E-state index contributed by atoms with van der Waals surface area (Å²) >= 11 is 11.8. The lowest BCUT2D eigenvalue weighted by Crippen LogP contribution is -2.25. The smallest absolute Gasteiger partial charge is 0.338 e. The zero-order valence-corrected chi connectivity index (χ0v) is 16.8. The zero-order valence-electron chi connectivity index (χ0n) is 15.3. The van der Waals surface area contributed by atoms with Crippen molar-refractivity contribution in [1.29, 1.82) is 0 Å². The molecule has 0 atom stereocenters. The van der Waals surface area contributed by atoms with Crippen LogP contribution in [0.1, 0.15) is 29.8 Å². The molecule has 0 spiro atoms. The van der Waals surface area contributed by atoms with Gasteiger partial charge in [-0.05, 0) is 29.8 Å². The molecule has 0 bridgehead atoms. The van der Waals surface area contributed by atoms with Crippen LogP contribution < -0.4 is 4.90 Å². The molecule has 1 aliphatic rings. The number of fused-ring (bicyclic) bond motifs is 1. The van der Waals surface area contributed by atoms with Gasteiger partial charge in [0.1, 0.15) is 0 Å². The molecule has 27 heavy (non-hydrogen) atoms. The van der Waals surface area contributed by atoms with E-state index < -0.39 is 5.97 Å². The van der Waals surface area contributed by atoms with Crippen LogP contribution in [-0.4, -0.2) is 25.4 Å². The minimum Gasteiger partial charge on any atom is -0.454 e. The average Bonchev–Trinajstić information content (AvgIpc) is 2.80. The molecule has 0 N–H and O–H groups in total. The van der Waals surface area contributed by atoms with Crippen molar-refractivity contribution < 1.29 is 14.3 Å². The van der Waals surface area contributed by atoms with Crippen LogP contribution in [0.5, 0.6) is 0 Å². The van der Waals surface area contributed by atoms with E-state index in [4.69, 9.17) is 27.9 Å². The second kappa shape index (κ2) is 7.37. The Hall–Kier alpha value is -2.30. The molecule has 0 unspecified atom stereocenters. The number of para-hydroxylation sites is 1. The van der Waals surface area contributed by atoms with Crippen molar-refractivity contribution in [2.24, 2.45) is 0 Å². The Kier molecular flexibility index (Phi) is 5.31. The predicted molar refractivity (Wildman–Crippen MR) is 108 cm³/mol. The van der Waals surface area contributed by atoms with Crippen LogP contribution >= 0.6 is 23.2 Å². The number of carbonyl (C=O) groups excluding carboxylic acids is 2. The van der Waals surface area contributed by atoms with Gasteiger partial charge in [-0.3, -0.25) is 4.79 Å². The molecule has 140 valence electrons. The molecule has 0 fully saturated rings. The highest BCUT2D eigenvalue weighted by Crippen LogP contribution is 2.46. The van der Waals surface area contributed by atoms with E-state index >= 15 is 0 Å². The van der Waals surface area contributed by atoms with Crippen molar-refractivity contribution in [1.82, 2.24) is 0 Å². The summed E-state index contributed by atoms with van der Waals surface area (Å²) < 4.78 is 5.12. The third-order valence-corrected chi connectivity index (χ3v) is 5.12. The van der Waals surface area contributed by atoms with Crippen LogP contribution in [0.15, 0.2) is 54.2 Å². The number of carbonyl (C=O) groups is 2. The molecule has 2 aromatic carbocycles. The highest BCUT2D eigenvalue weighted by Gasteiger charge is 2.38. The topological polar surface area (TPSA) is 46.6 Å². The number of hydrogen-bond acceptors (Lipinski definition) is 4. The average molecular weight is 404 g/mol. The summed E-state index contributed by atoms with van der Waals surface area (Å²) in [7, 11) is 1.92. The zero-order chi connectivity index (χ0) is 19.8. The molecular formula is C21H19Cl2NO3. The summed E-state index contributed by atoms with van der Waals surface area (Å²) in [6, 6.07) is 12.4. The molecule has 6 heteroatoms. The van der Waals surface area contributed by atoms with Gasteiger partial charge in [0.05, 0.1) is 5.56 Å². The van der Waals surface area contributed by atoms with E-state index in [2.05, 4.69) is 19.9 Å². The predicted octanol–water partition coefficient (Wildman–Crippen LogP) is 5.03. The number of ether oxygens (including phenoxy) is 1. The van der Waals surface area contributed by atoms with E-state index in [9.17, 15) is 9.59 Å². The molecular weight excluding hydrogens is 385 g/mol. The Morgan fingerprint density at radius 1 is 1.11 bits per heavy atom. The van der Waals surface area contributed by atoms with E-state index in [0.29, 0.717) is 10.0 Å². The fraction of sp³-hybridized carbons (Fsp3) is 0.238. The molecule has 0 aliphatic carbocycles. The number of benzene rings is 2. The minimum atomic E-state index is -0.645. The Balaban J connectivity index is 1.73. The first-order valence-corrected chi connectivity index (χ1v) is 9.17. The van der Waals surface area contributed by atoms with Gasteiger partial charge >= 0.3 is 5.97 Å². The van der Waals surface area contributed by atoms with E-state index in [0.717, 1.165) is 16.9 Å². The number of rotatable bonds is 4. The minimum absolute atomic E-state index is 0.207. The Labute approximate surface area is 168 Å². The quantitative estimate of drug-likeness (QED) is 0.530. The van der Waals surface area contributed by atoms with Crippen LogP contribution in [0.4, 0.5) is 5.69 Å². The summed E-state index contributed by atoms with van der Waals surface area (Å²) in [6.07, 6.45) is 1.54. The number of nitrogens with zero attached hydrogens (tertiary/aromatic N) is 1. The third-order valence-electron chi connectivity index (χ3n) is 4.68. The molecule has 1 heterocycles. The fourth-order valence-electron chi connectivity index (χ4n) is 3.34. The van der Waals surface area contributed by atoms with Gasteiger partial charge in [-0.2, -0.15) is 0 Å². The second-order valence-corrected chi connectivity index (χ2v) is 7.80. The van der Waals surface area contributed by atoms with Crippen LogP contribution in [0.2, 0.25) is 10.0 Å². The summed E-state index contributed by atoms with van der Waals surface area (Å²) in [6.45, 7) is 3.77. The largest absolute Gasteiger partial charge is 0.454 e. The van der Waals surface area contributed by atoms with Crippen LogP contribution in [0.25, 0.3) is 0 Å². The van der Waals surface area contributed by atoms with E-state index in [1.807, 2.05) is 30.1 Å². The van der Waals surface area contributed by atoms with Crippen LogP contribution in [0.3, 0.4) is 0 Å². The van der Waals surface area contributed by atoms with Crippen molar-refractivity contribution in [2.75, 3.05) is 18.6 Å². The number of allylic oxidation sites excluding steroid dienone is 1. The Morgan fingerprint density at radius 3 is 2.37 bits per heavy atom. The lowest BCUT2D eigenvalue weighted by atomic mass is 9.83. The van der Waals surface area contributed by atoms with Crippen molar-refractivity contribution in [3.8, 4) is 0 Å². The summed E-state index contributed by atoms with van der Waals surface area (Å²) in [5.74, 6) is -0.937. The second-order valence-electron chi connectivity index (χ2n) is 6.93. The number of likely N-dealkylation sites (N-methyl/N-ethyl adjacent to an activating group) is 1. The van der Waals surface area contributed by atoms with E-state index in [1.54, 1.807) is 0 Å². The van der Waals surface area contributed by atoms with Gasteiger partial charge < -0.3 is 9.64 Å². The third kappa shape index (κ3) is 3.87. The normalized spacial score (nSPS) is 16.3. The Bertz CT molecular complexity index is 930. The summed E-state index contributed by atoms with van der Waals surface area (Å²) in [5, 5.41) is 0.657. The number of hydrogen-bond donors (Lipinski definition) is 0. The number of ketones is 1. The number of anilines is 1. The molecule has 0 saturated heterocycles. The SMILES string of the molecule is CN1C(=CC(=O)COC(=O)c2cc(Cl)cc(Cl)c2)C(C)(C)c2ccccc21. The molecule has 4 nitrogen and oxygen atoms in total. The standard InChI is InChI=1S/C21H19Cl2NO3/c1-21(2)17-6-4-5-7-18(17)24(3)19(21)11-16(25)12-27-20(26)13-8-14(22)10-15(23)9-13/h4-11H,12H2,1-3H3. The van der Waals surface area contributed by atoms with Gasteiger partial charge in [0.15, 0.2) is 12.4 Å². The maximum absolute atomic E-state index is 12.4. The monoisotopic (exact) mass is 403 g/mol. The lowest BCUT2D eigenvalue weighted by Gasteiger charge is -2.23.